The first kappa shape index (κ1) is 23.0. The molecule has 3 rings (SSSR count). The Morgan fingerprint density at radius 3 is 2.62 bits per heavy atom. The van der Waals surface area contributed by atoms with E-state index in [4.69, 9.17) is 4.74 Å². The van der Waals surface area contributed by atoms with Crippen molar-refractivity contribution in [2.24, 2.45) is 0 Å². The molecule has 0 radical (unpaired) electrons. The maximum Gasteiger partial charge on any atom is 0.269 e. The normalized spacial score (nSPS) is 15.6. The van der Waals surface area contributed by atoms with Gasteiger partial charge in [0.15, 0.2) is 6.10 Å². The van der Waals surface area contributed by atoms with E-state index < -0.39 is 11.0 Å². The summed E-state index contributed by atoms with van der Waals surface area (Å²) in [5.41, 5.74) is 1.81. The van der Waals surface area contributed by atoms with Crippen LogP contribution in [-0.4, -0.2) is 54.9 Å². The van der Waals surface area contributed by atoms with E-state index in [9.17, 15) is 19.7 Å². The highest BCUT2D eigenvalue weighted by atomic mass is 16.6. The van der Waals surface area contributed by atoms with Crippen LogP contribution in [0.15, 0.2) is 48.5 Å². The smallest absolute Gasteiger partial charge is 0.269 e. The van der Waals surface area contributed by atoms with Gasteiger partial charge in [-0.05, 0) is 76.0 Å². The third-order valence-electron chi connectivity index (χ3n) is 4.95. The fourth-order valence-electron chi connectivity index (χ4n) is 3.32. The monoisotopic (exact) mass is 438 g/mol. The molecule has 1 heterocycles. The van der Waals surface area contributed by atoms with Gasteiger partial charge < -0.3 is 19.9 Å². The van der Waals surface area contributed by atoms with E-state index in [2.05, 4.69) is 10.2 Å². The number of carbonyl (C=O) groups is 2. The Balaban J connectivity index is 1.71. The zero-order valence-corrected chi connectivity index (χ0v) is 18.3. The van der Waals surface area contributed by atoms with Crippen molar-refractivity contribution in [3.63, 3.8) is 0 Å². The van der Waals surface area contributed by atoms with E-state index in [0.717, 1.165) is 13.0 Å². The molecule has 1 unspecified atom stereocenters. The van der Waals surface area contributed by atoms with Gasteiger partial charge in [-0.3, -0.25) is 19.7 Å². The summed E-state index contributed by atoms with van der Waals surface area (Å²) < 4.78 is 5.72. The standard InChI is InChI=1S/C23H26N4O5/c1-16-23(29)26(14-4-13-25(2)3)20-15-18(8-11-21(20)32-16)24-22(28)12-7-17-5-9-19(10-6-17)27(30)31/h5-12,15-16H,4,13-14H2,1-3H3,(H,24,28)/b12-7+. The number of fused-ring (bicyclic) bond motifs is 1. The lowest BCUT2D eigenvalue weighted by atomic mass is 10.1. The van der Waals surface area contributed by atoms with Crippen LogP contribution in [0.3, 0.4) is 0 Å². The molecule has 0 saturated heterocycles. The molecule has 1 aliphatic heterocycles. The molecule has 2 aromatic rings. The third kappa shape index (κ3) is 5.70. The van der Waals surface area contributed by atoms with E-state index >= 15 is 0 Å². The molecule has 0 saturated carbocycles. The topological polar surface area (TPSA) is 105 Å². The summed E-state index contributed by atoms with van der Waals surface area (Å²) in [6.07, 6.45) is 3.16. The molecule has 9 nitrogen and oxygen atoms in total. The lowest BCUT2D eigenvalue weighted by molar-refractivity contribution is -0.384. The van der Waals surface area contributed by atoms with Crippen LogP contribution in [0, 0.1) is 10.1 Å². The van der Waals surface area contributed by atoms with Crippen molar-refractivity contribution in [1.29, 1.82) is 0 Å². The lowest BCUT2D eigenvalue weighted by Crippen LogP contribution is -2.45. The van der Waals surface area contributed by atoms with Crippen LogP contribution in [0.5, 0.6) is 5.75 Å². The van der Waals surface area contributed by atoms with Crippen LogP contribution in [-0.2, 0) is 9.59 Å². The molecule has 32 heavy (non-hydrogen) atoms. The van der Waals surface area contributed by atoms with Gasteiger partial charge in [0.1, 0.15) is 5.75 Å². The number of amides is 2. The van der Waals surface area contributed by atoms with Gasteiger partial charge in [-0.1, -0.05) is 0 Å². The Bertz CT molecular complexity index is 1030. The molecule has 2 aromatic carbocycles. The zero-order valence-electron chi connectivity index (χ0n) is 18.3. The number of hydrogen-bond donors (Lipinski definition) is 1. The Morgan fingerprint density at radius 1 is 1.25 bits per heavy atom. The Morgan fingerprint density at radius 2 is 1.97 bits per heavy atom. The molecule has 9 heteroatoms. The Labute approximate surface area is 186 Å². The number of nitrogens with one attached hydrogen (secondary N) is 1. The zero-order chi connectivity index (χ0) is 23.3. The largest absolute Gasteiger partial charge is 0.479 e. The maximum absolute atomic E-state index is 12.7. The first-order valence-electron chi connectivity index (χ1n) is 10.2. The summed E-state index contributed by atoms with van der Waals surface area (Å²) in [4.78, 5) is 39.0. The van der Waals surface area contributed by atoms with Crippen LogP contribution < -0.4 is 15.0 Å². The molecule has 1 N–H and O–H groups in total. The molecular formula is C23H26N4O5. The second kappa shape index (κ2) is 10.1. The number of benzene rings is 2. The van der Waals surface area contributed by atoms with Crippen LogP contribution in [0.1, 0.15) is 18.9 Å². The third-order valence-corrected chi connectivity index (χ3v) is 4.95. The van der Waals surface area contributed by atoms with E-state index in [0.29, 0.717) is 29.2 Å². The molecule has 0 aromatic heterocycles. The van der Waals surface area contributed by atoms with E-state index in [1.165, 1.54) is 18.2 Å². The first-order chi connectivity index (χ1) is 15.2. The van der Waals surface area contributed by atoms with Gasteiger partial charge in [-0.25, -0.2) is 0 Å². The minimum absolute atomic E-state index is 0.0121. The quantitative estimate of drug-likeness (QED) is 0.385. The molecule has 0 spiro atoms. The van der Waals surface area contributed by atoms with Crippen LogP contribution >= 0.6 is 0 Å². The second-order valence-corrected chi connectivity index (χ2v) is 7.76. The average Bonchev–Trinajstić information content (AvgIpc) is 2.75. The van der Waals surface area contributed by atoms with Crippen molar-refractivity contribution >= 4 is 35.0 Å². The number of carbonyl (C=O) groups excluding carboxylic acids is 2. The van der Waals surface area contributed by atoms with Gasteiger partial charge in [0, 0.05) is 30.4 Å². The SMILES string of the molecule is CC1Oc2ccc(NC(=O)/C=C/c3ccc([N+](=O)[O-])cc3)cc2N(CCCN(C)C)C1=O. The van der Waals surface area contributed by atoms with Gasteiger partial charge in [0.2, 0.25) is 5.91 Å². The summed E-state index contributed by atoms with van der Waals surface area (Å²) in [7, 11) is 3.96. The maximum atomic E-state index is 12.7. The Kier molecular flexibility index (Phi) is 7.21. The van der Waals surface area contributed by atoms with Crippen LogP contribution in [0.2, 0.25) is 0 Å². The fourth-order valence-corrected chi connectivity index (χ4v) is 3.32. The highest BCUT2D eigenvalue weighted by Crippen LogP contribution is 2.36. The number of rotatable bonds is 8. The van der Waals surface area contributed by atoms with Crippen molar-refractivity contribution in [2.75, 3.05) is 37.4 Å². The molecule has 2 amide bonds. The number of nitro benzene ring substituents is 1. The van der Waals surface area contributed by atoms with Gasteiger partial charge in [-0.15, -0.1) is 0 Å². The van der Waals surface area contributed by atoms with Gasteiger partial charge in [-0.2, -0.15) is 0 Å². The number of ether oxygens (including phenoxy) is 1. The highest BCUT2D eigenvalue weighted by molar-refractivity contribution is 6.04. The molecule has 168 valence electrons. The summed E-state index contributed by atoms with van der Waals surface area (Å²) in [6.45, 7) is 3.12. The number of nitrogens with zero attached hydrogens (tertiary/aromatic N) is 3. The average molecular weight is 438 g/mol. The second-order valence-electron chi connectivity index (χ2n) is 7.76. The fraction of sp³-hybridized carbons (Fsp3) is 0.304. The summed E-state index contributed by atoms with van der Waals surface area (Å²) in [6, 6.07) is 11.1. The van der Waals surface area contributed by atoms with Gasteiger partial charge in [0.25, 0.3) is 11.6 Å². The summed E-state index contributed by atoms with van der Waals surface area (Å²) in [5.74, 6) is 0.123. The predicted octanol–water partition coefficient (Wildman–Crippen LogP) is 3.31. The molecule has 1 aliphatic rings. The molecule has 1 atom stereocenters. The molecule has 0 bridgehead atoms. The van der Waals surface area contributed by atoms with E-state index in [-0.39, 0.29) is 17.5 Å². The highest BCUT2D eigenvalue weighted by Gasteiger charge is 2.31. The summed E-state index contributed by atoms with van der Waals surface area (Å²) >= 11 is 0. The van der Waals surface area contributed by atoms with Gasteiger partial charge >= 0.3 is 0 Å². The van der Waals surface area contributed by atoms with Gasteiger partial charge in [0.05, 0.1) is 10.6 Å². The minimum atomic E-state index is -0.563. The summed E-state index contributed by atoms with van der Waals surface area (Å²) in [5, 5.41) is 13.5. The first-order valence-corrected chi connectivity index (χ1v) is 10.2. The van der Waals surface area contributed by atoms with Crippen molar-refractivity contribution < 1.29 is 19.2 Å². The van der Waals surface area contributed by atoms with Crippen molar-refractivity contribution in [2.45, 2.75) is 19.4 Å². The predicted molar refractivity (Wildman–Crippen MR) is 123 cm³/mol. The molecule has 0 aliphatic carbocycles. The molecular weight excluding hydrogens is 412 g/mol. The van der Waals surface area contributed by atoms with Crippen molar-refractivity contribution in [1.82, 2.24) is 4.90 Å². The molecule has 0 fully saturated rings. The number of anilines is 2. The van der Waals surface area contributed by atoms with Crippen molar-refractivity contribution in [3.05, 3.63) is 64.2 Å². The Hall–Kier alpha value is -3.72. The minimum Gasteiger partial charge on any atom is -0.479 e. The van der Waals surface area contributed by atoms with Crippen LogP contribution in [0.25, 0.3) is 6.08 Å². The van der Waals surface area contributed by atoms with Crippen LogP contribution in [0.4, 0.5) is 17.1 Å². The van der Waals surface area contributed by atoms with E-state index in [1.54, 1.807) is 48.2 Å². The number of non-ortho nitro benzene ring substituents is 1. The van der Waals surface area contributed by atoms with Crippen molar-refractivity contribution in [3.8, 4) is 5.75 Å². The lowest BCUT2D eigenvalue weighted by Gasteiger charge is -2.33. The number of nitro groups is 1. The number of hydrogen-bond acceptors (Lipinski definition) is 6. The van der Waals surface area contributed by atoms with E-state index in [1.807, 2.05) is 14.1 Å².